The van der Waals surface area contributed by atoms with E-state index in [0.717, 1.165) is 18.9 Å². The average Bonchev–Trinajstić information content (AvgIpc) is 2.58. The van der Waals surface area contributed by atoms with Crippen molar-refractivity contribution in [3.05, 3.63) is 23.3 Å². The number of nitrogens with zero attached hydrogens (tertiary/aromatic N) is 1. The number of methoxy groups -OCH3 is 2. The van der Waals surface area contributed by atoms with Gasteiger partial charge in [0.2, 0.25) is 0 Å². The van der Waals surface area contributed by atoms with Crippen LogP contribution in [0.15, 0.2) is 12.1 Å². The fraction of sp³-hybridized carbons (Fsp3) is 0.632. The van der Waals surface area contributed by atoms with Crippen LogP contribution in [-0.4, -0.2) is 43.9 Å². The molecule has 1 fully saturated rings. The Bertz CT molecular complexity index is 683. The van der Waals surface area contributed by atoms with Gasteiger partial charge in [-0.1, -0.05) is 0 Å². The second-order valence-electron chi connectivity index (χ2n) is 7.56. The van der Waals surface area contributed by atoms with Gasteiger partial charge in [0.15, 0.2) is 0 Å². The first-order valence-electron chi connectivity index (χ1n) is 8.77. The summed E-state index contributed by atoms with van der Waals surface area (Å²) in [5, 5.41) is 0. The first kappa shape index (κ1) is 21.2. The Morgan fingerprint density at radius 2 is 1.74 bits per heavy atom. The molecule has 0 spiro atoms. The minimum absolute atomic E-state index is 0.138. The van der Waals surface area contributed by atoms with Gasteiger partial charge in [-0.05, 0) is 45.7 Å². The molecule has 8 heteroatoms. The molecule has 1 aliphatic rings. The number of hydrogen-bond acceptors (Lipinski definition) is 4. The topological polar surface area (TPSA) is 48.0 Å². The van der Waals surface area contributed by atoms with Crippen LogP contribution in [0.4, 0.5) is 18.0 Å². The van der Waals surface area contributed by atoms with E-state index in [2.05, 4.69) is 0 Å². The monoisotopic (exact) mass is 389 g/mol. The van der Waals surface area contributed by atoms with Crippen LogP contribution in [-0.2, 0) is 10.9 Å². The van der Waals surface area contributed by atoms with Crippen LogP contribution >= 0.6 is 0 Å². The molecule has 1 saturated heterocycles. The largest absolute Gasteiger partial charge is 0.496 e. The van der Waals surface area contributed by atoms with Gasteiger partial charge in [0.05, 0.1) is 14.2 Å². The van der Waals surface area contributed by atoms with E-state index in [1.165, 1.54) is 20.3 Å². The number of amides is 1. The number of piperidine rings is 1. The fourth-order valence-corrected chi connectivity index (χ4v) is 3.19. The lowest BCUT2D eigenvalue weighted by molar-refractivity contribution is -0.138. The Hall–Kier alpha value is -2.12. The predicted octanol–water partition coefficient (Wildman–Crippen LogP) is 4.84. The quantitative estimate of drug-likeness (QED) is 0.742. The smallest absolute Gasteiger partial charge is 0.420 e. The van der Waals surface area contributed by atoms with Gasteiger partial charge in [-0.2, -0.15) is 13.2 Å². The minimum atomic E-state index is -4.55. The number of ether oxygens (including phenoxy) is 3. The third kappa shape index (κ3) is 5.20. The van der Waals surface area contributed by atoms with Gasteiger partial charge >= 0.3 is 12.3 Å². The van der Waals surface area contributed by atoms with Crippen LogP contribution in [0.2, 0.25) is 0 Å². The lowest BCUT2D eigenvalue weighted by Gasteiger charge is -2.35. The highest BCUT2D eigenvalue weighted by atomic mass is 19.4. The van der Waals surface area contributed by atoms with Gasteiger partial charge in [-0.15, -0.1) is 0 Å². The molecule has 152 valence electrons. The molecule has 27 heavy (non-hydrogen) atoms. The molecule has 0 N–H and O–H groups in total. The number of alkyl halides is 3. The Morgan fingerprint density at radius 1 is 1.11 bits per heavy atom. The molecule has 1 heterocycles. The van der Waals surface area contributed by atoms with Gasteiger partial charge in [0.25, 0.3) is 0 Å². The molecular formula is C19H26F3NO4. The SMILES string of the molecule is COc1cc(C(F)(F)F)c(OC)cc1C1CCCN(C(=O)OC(C)(C)C)C1. The van der Waals surface area contributed by atoms with E-state index in [4.69, 9.17) is 14.2 Å². The lowest BCUT2D eigenvalue weighted by atomic mass is 9.89. The van der Waals surface area contributed by atoms with E-state index in [0.29, 0.717) is 18.7 Å². The molecule has 1 aliphatic heterocycles. The van der Waals surface area contributed by atoms with Crippen molar-refractivity contribution in [2.75, 3.05) is 27.3 Å². The molecule has 0 aromatic heterocycles. The van der Waals surface area contributed by atoms with Gasteiger partial charge in [0, 0.05) is 24.6 Å². The molecule has 2 rings (SSSR count). The molecule has 1 amide bonds. The number of carbonyl (C=O) groups excluding carboxylic acids is 1. The van der Waals surface area contributed by atoms with Crippen LogP contribution < -0.4 is 9.47 Å². The summed E-state index contributed by atoms with van der Waals surface area (Å²) in [6.07, 6.45) is -3.53. The summed E-state index contributed by atoms with van der Waals surface area (Å²) in [5.41, 5.74) is -0.903. The molecule has 0 aliphatic carbocycles. The highest BCUT2D eigenvalue weighted by molar-refractivity contribution is 5.68. The molecule has 1 aromatic carbocycles. The number of halogens is 3. The summed E-state index contributed by atoms with van der Waals surface area (Å²) in [5.74, 6) is -0.288. The number of likely N-dealkylation sites (tertiary alicyclic amines) is 1. The normalized spacial score (nSPS) is 18.2. The molecular weight excluding hydrogens is 363 g/mol. The maximum atomic E-state index is 13.2. The van der Waals surface area contributed by atoms with Crippen molar-refractivity contribution in [1.29, 1.82) is 0 Å². The van der Waals surface area contributed by atoms with Crippen LogP contribution in [0.25, 0.3) is 0 Å². The summed E-state index contributed by atoms with van der Waals surface area (Å²) in [4.78, 5) is 13.9. The second kappa shape index (κ2) is 7.86. The maximum absolute atomic E-state index is 13.2. The number of rotatable bonds is 3. The summed E-state index contributed by atoms with van der Waals surface area (Å²) >= 11 is 0. The summed E-state index contributed by atoms with van der Waals surface area (Å²) in [7, 11) is 2.54. The van der Waals surface area contributed by atoms with Crippen LogP contribution in [0.5, 0.6) is 11.5 Å². The Kier molecular flexibility index (Phi) is 6.17. The first-order valence-corrected chi connectivity index (χ1v) is 8.77. The van der Waals surface area contributed by atoms with Gasteiger partial charge in [-0.3, -0.25) is 0 Å². The second-order valence-corrected chi connectivity index (χ2v) is 7.56. The molecule has 0 bridgehead atoms. The van der Waals surface area contributed by atoms with Crippen LogP contribution in [0.3, 0.4) is 0 Å². The summed E-state index contributed by atoms with van der Waals surface area (Å²) in [6.45, 7) is 6.26. The van der Waals surface area contributed by atoms with E-state index in [1.54, 1.807) is 25.7 Å². The van der Waals surface area contributed by atoms with Crippen LogP contribution in [0.1, 0.15) is 50.7 Å². The molecule has 0 radical (unpaired) electrons. The highest BCUT2D eigenvalue weighted by Gasteiger charge is 2.37. The molecule has 1 aromatic rings. The zero-order valence-electron chi connectivity index (χ0n) is 16.3. The minimum Gasteiger partial charge on any atom is -0.496 e. The standard InChI is InChI=1S/C19H26F3NO4/c1-18(2,3)27-17(24)23-8-6-7-12(11-23)13-9-16(26-5)14(19(20,21)22)10-15(13)25-4/h9-10,12H,6-8,11H2,1-5H3. The fourth-order valence-electron chi connectivity index (χ4n) is 3.19. The van der Waals surface area contributed by atoms with Crippen molar-refractivity contribution >= 4 is 6.09 Å². The molecule has 1 unspecified atom stereocenters. The lowest BCUT2D eigenvalue weighted by Crippen LogP contribution is -2.42. The Morgan fingerprint density at radius 3 is 2.26 bits per heavy atom. The van der Waals surface area contributed by atoms with Crippen molar-refractivity contribution < 1.29 is 32.2 Å². The predicted molar refractivity (Wildman–Crippen MR) is 94.3 cm³/mol. The molecule has 1 atom stereocenters. The highest BCUT2D eigenvalue weighted by Crippen LogP contribution is 2.43. The van der Waals surface area contributed by atoms with Crippen LogP contribution in [0, 0.1) is 0 Å². The van der Waals surface area contributed by atoms with Crippen molar-refractivity contribution in [3.63, 3.8) is 0 Å². The number of carbonyl (C=O) groups is 1. The van der Waals surface area contributed by atoms with Crippen molar-refractivity contribution in [3.8, 4) is 11.5 Å². The number of benzene rings is 1. The molecule has 5 nitrogen and oxygen atoms in total. The van der Waals surface area contributed by atoms with E-state index in [1.807, 2.05) is 0 Å². The zero-order chi connectivity index (χ0) is 20.4. The first-order chi connectivity index (χ1) is 12.5. The van der Waals surface area contributed by atoms with Crippen molar-refractivity contribution in [1.82, 2.24) is 4.90 Å². The Labute approximate surface area is 157 Å². The number of hydrogen-bond donors (Lipinski definition) is 0. The van der Waals surface area contributed by atoms with Gasteiger partial charge < -0.3 is 19.1 Å². The molecule has 0 saturated carbocycles. The average molecular weight is 389 g/mol. The van der Waals surface area contributed by atoms with E-state index < -0.39 is 23.4 Å². The summed E-state index contributed by atoms with van der Waals surface area (Å²) in [6, 6.07) is 2.32. The van der Waals surface area contributed by atoms with E-state index >= 15 is 0 Å². The maximum Gasteiger partial charge on any atom is 0.420 e. The third-order valence-corrected chi connectivity index (χ3v) is 4.37. The van der Waals surface area contributed by atoms with Gasteiger partial charge in [0.1, 0.15) is 22.7 Å². The summed E-state index contributed by atoms with van der Waals surface area (Å²) < 4.78 is 55.3. The Balaban J connectivity index is 2.32. The van der Waals surface area contributed by atoms with E-state index in [9.17, 15) is 18.0 Å². The third-order valence-electron chi connectivity index (χ3n) is 4.37. The zero-order valence-corrected chi connectivity index (χ0v) is 16.3. The van der Waals surface area contributed by atoms with Crippen molar-refractivity contribution in [2.45, 2.75) is 51.3 Å². The van der Waals surface area contributed by atoms with Crippen molar-refractivity contribution in [2.24, 2.45) is 0 Å². The van der Waals surface area contributed by atoms with Gasteiger partial charge in [-0.25, -0.2) is 4.79 Å². The van der Waals surface area contributed by atoms with E-state index in [-0.39, 0.29) is 17.4 Å².